The van der Waals surface area contributed by atoms with Gasteiger partial charge in [0.05, 0.1) is 12.2 Å². The molecule has 3 unspecified atom stereocenters. The molecular weight excluding hydrogens is 132 g/mol. The summed E-state index contributed by atoms with van der Waals surface area (Å²) in [6, 6.07) is 0.0987. The standard InChI is InChI=1S/C6H14N2O2/c7-2-1-5(9)6(10)4-3-8-4/h4-6,8-10H,1-3,7H2. The molecule has 4 nitrogen and oxygen atoms in total. The Kier molecular flexibility index (Phi) is 2.62. The maximum atomic E-state index is 9.22. The lowest BCUT2D eigenvalue weighted by atomic mass is 10.1. The quantitative estimate of drug-likeness (QED) is 0.346. The number of rotatable bonds is 4. The number of hydrogen-bond acceptors (Lipinski definition) is 4. The van der Waals surface area contributed by atoms with Crippen molar-refractivity contribution in [1.29, 1.82) is 0 Å². The summed E-state index contributed by atoms with van der Waals surface area (Å²) in [5, 5.41) is 21.3. The Labute approximate surface area is 60.0 Å². The van der Waals surface area contributed by atoms with E-state index < -0.39 is 12.2 Å². The SMILES string of the molecule is NCCC(O)C(O)C1CN1. The molecule has 1 aliphatic rings. The van der Waals surface area contributed by atoms with Crippen molar-refractivity contribution in [2.45, 2.75) is 24.7 Å². The van der Waals surface area contributed by atoms with Gasteiger partial charge >= 0.3 is 0 Å². The topological polar surface area (TPSA) is 88.4 Å². The largest absolute Gasteiger partial charge is 0.390 e. The molecule has 0 amide bonds. The molecule has 5 N–H and O–H groups in total. The molecule has 0 bridgehead atoms. The van der Waals surface area contributed by atoms with Gasteiger partial charge in [0, 0.05) is 12.6 Å². The average molecular weight is 146 g/mol. The Morgan fingerprint density at radius 2 is 2.20 bits per heavy atom. The van der Waals surface area contributed by atoms with E-state index in [1.54, 1.807) is 0 Å². The molecular formula is C6H14N2O2. The van der Waals surface area contributed by atoms with Gasteiger partial charge in [-0.1, -0.05) is 0 Å². The molecule has 0 aromatic heterocycles. The fraction of sp³-hybridized carbons (Fsp3) is 1.00. The highest BCUT2D eigenvalue weighted by Crippen LogP contribution is 2.09. The summed E-state index contributed by atoms with van der Waals surface area (Å²) in [5.41, 5.74) is 5.20. The molecule has 4 heteroatoms. The van der Waals surface area contributed by atoms with Crippen molar-refractivity contribution in [3.8, 4) is 0 Å². The van der Waals surface area contributed by atoms with Crippen molar-refractivity contribution in [1.82, 2.24) is 5.32 Å². The second-order valence-electron chi connectivity index (χ2n) is 2.65. The Bertz CT molecular complexity index is 106. The third-order valence-corrected chi connectivity index (χ3v) is 1.71. The van der Waals surface area contributed by atoms with Crippen LogP contribution in [0.3, 0.4) is 0 Å². The zero-order valence-electron chi connectivity index (χ0n) is 5.83. The Balaban J connectivity index is 2.17. The van der Waals surface area contributed by atoms with E-state index in [1.807, 2.05) is 0 Å². The summed E-state index contributed by atoms with van der Waals surface area (Å²) in [5.74, 6) is 0. The van der Waals surface area contributed by atoms with Crippen LogP contribution < -0.4 is 11.1 Å². The summed E-state index contributed by atoms with van der Waals surface area (Å²) in [4.78, 5) is 0. The molecule has 10 heavy (non-hydrogen) atoms. The normalized spacial score (nSPS) is 29.7. The molecule has 1 saturated heterocycles. The fourth-order valence-electron chi connectivity index (χ4n) is 0.919. The van der Waals surface area contributed by atoms with Crippen LogP contribution in [0.1, 0.15) is 6.42 Å². The van der Waals surface area contributed by atoms with E-state index >= 15 is 0 Å². The highest BCUT2D eigenvalue weighted by molar-refractivity contribution is 4.93. The summed E-state index contributed by atoms with van der Waals surface area (Å²) in [6.45, 7) is 1.23. The first kappa shape index (κ1) is 7.94. The predicted octanol–water partition coefficient (Wildman–Crippen LogP) is -1.97. The smallest absolute Gasteiger partial charge is 0.0964 e. The summed E-state index contributed by atoms with van der Waals surface area (Å²) in [7, 11) is 0. The van der Waals surface area contributed by atoms with Crippen molar-refractivity contribution >= 4 is 0 Å². The molecule has 3 atom stereocenters. The lowest BCUT2D eigenvalue weighted by molar-refractivity contribution is 0.0159. The third-order valence-electron chi connectivity index (χ3n) is 1.71. The first-order chi connectivity index (χ1) is 4.75. The van der Waals surface area contributed by atoms with Crippen LogP contribution in [0.5, 0.6) is 0 Å². The van der Waals surface area contributed by atoms with Crippen LogP contribution in [0.15, 0.2) is 0 Å². The number of aliphatic hydroxyl groups is 2. The van der Waals surface area contributed by atoms with E-state index in [9.17, 15) is 5.11 Å². The van der Waals surface area contributed by atoms with Gasteiger partial charge in [0.15, 0.2) is 0 Å². The van der Waals surface area contributed by atoms with E-state index in [1.165, 1.54) is 0 Å². The zero-order valence-corrected chi connectivity index (χ0v) is 5.83. The number of hydrogen-bond donors (Lipinski definition) is 4. The summed E-state index contributed by atoms with van der Waals surface area (Å²) in [6.07, 6.45) is -0.826. The molecule has 0 spiro atoms. The monoisotopic (exact) mass is 146 g/mol. The lowest BCUT2D eigenvalue weighted by Crippen LogP contribution is -2.33. The van der Waals surface area contributed by atoms with Crippen molar-refractivity contribution in [3.05, 3.63) is 0 Å². The molecule has 0 aromatic rings. The summed E-state index contributed by atoms with van der Waals surface area (Å²) < 4.78 is 0. The van der Waals surface area contributed by atoms with E-state index in [0.29, 0.717) is 13.0 Å². The average Bonchev–Trinajstić information content (AvgIpc) is 2.68. The Morgan fingerprint density at radius 1 is 1.60 bits per heavy atom. The molecule has 60 valence electrons. The van der Waals surface area contributed by atoms with Gasteiger partial charge in [-0.15, -0.1) is 0 Å². The Morgan fingerprint density at radius 3 is 2.60 bits per heavy atom. The minimum atomic E-state index is -0.662. The van der Waals surface area contributed by atoms with Crippen LogP contribution in [0.2, 0.25) is 0 Å². The molecule has 1 fully saturated rings. The van der Waals surface area contributed by atoms with E-state index in [0.717, 1.165) is 6.54 Å². The molecule has 1 aliphatic heterocycles. The van der Waals surface area contributed by atoms with Crippen LogP contribution in [-0.2, 0) is 0 Å². The minimum Gasteiger partial charge on any atom is -0.390 e. The van der Waals surface area contributed by atoms with Crippen LogP contribution in [0.25, 0.3) is 0 Å². The maximum absolute atomic E-state index is 9.22. The number of nitrogens with one attached hydrogen (secondary N) is 1. The van der Waals surface area contributed by atoms with Gasteiger partial charge in [0.25, 0.3) is 0 Å². The van der Waals surface area contributed by atoms with Gasteiger partial charge in [-0.2, -0.15) is 0 Å². The van der Waals surface area contributed by atoms with E-state index in [4.69, 9.17) is 10.8 Å². The molecule has 0 saturated carbocycles. The van der Waals surface area contributed by atoms with Crippen molar-refractivity contribution in [2.75, 3.05) is 13.1 Å². The van der Waals surface area contributed by atoms with Crippen molar-refractivity contribution in [3.63, 3.8) is 0 Å². The summed E-state index contributed by atoms with van der Waals surface area (Å²) >= 11 is 0. The van der Waals surface area contributed by atoms with Crippen LogP contribution >= 0.6 is 0 Å². The minimum absolute atomic E-state index is 0.0987. The molecule has 0 radical (unpaired) electrons. The van der Waals surface area contributed by atoms with Gasteiger partial charge in [-0.3, -0.25) is 0 Å². The van der Waals surface area contributed by atoms with Crippen molar-refractivity contribution < 1.29 is 10.2 Å². The predicted molar refractivity (Wildman–Crippen MR) is 37.5 cm³/mol. The second kappa shape index (κ2) is 3.30. The first-order valence-corrected chi connectivity index (χ1v) is 3.55. The number of aliphatic hydroxyl groups excluding tert-OH is 2. The van der Waals surface area contributed by atoms with E-state index in [2.05, 4.69) is 5.32 Å². The molecule has 1 heterocycles. The van der Waals surface area contributed by atoms with Gasteiger partial charge in [0.2, 0.25) is 0 Å². The molecule has 0 aromatic carbocycles. The second-order valence-corrected chi connectivity index (χ2v) is 2.65. The Hall–Kier alpha value is -0.160. The molecule has 1 rings (SSSR count). The maximum Gasteiger partial charge on any atom is 0.0964 e. The van der Waals surface area contributed by atoms with Gasteiger partial charge in [-0.05, 0) is 13.0 Å². The molecule has 0 aliphatic carbocycles. The van der Waals surface area contributed by atoms with Gasteiger partial charge in [0.1, 0.15) is 0 Å². The van der Waals surface area contributed by atoms with Gasteiger partial charge in [-0.25, -0.2) is 0 Å². The van der Waals surface area contributed by atoms with Crippen LogP contribution in [0, 0.1) is 0 Å². The van der Waals surface area contributed by atoms with E-state index in [-0.39, 0.29) is 6.04 Å². The van der Waals surface area contributed by atoms with Crippen LogP contribution in [-0.4, -0.2) is 41.6 Å². The number of nitrogens with two attached hydrogens (primary N) is 1. The first-order valence-electron chi connectivity index (χ1n) is 3.55. The fourth-order valence-corrected chi connectivity index (χ4v) is 0.919. The van der Waals surface area contributed by atoms with Crippen molar-refractivity contribution in [2.24, 2.45) is 5.73 Å². The van der Waals surface area contributed by atoms with Crippen LogP contribution in [0.4, 0.5) is 0 Å². The lowest BCUT2D eigenvalue weighted by Gasteiger charge is -2.14. The van der Waals surface area contributed by atoms with Gasteiger partial charge < -0.3 is 21.3 Å². The highest BCUT2D eigenvalue weighted by Gasteiger charge is 2.33. The highest BCUT2D eigenvalue weighted by atomic mass is 16.3. The zero-order chi connectivity index (χ0) is 7.56. The third kappa shape index (κ3) is 1.91.